The summed E-state index contributed by atoms with van der Waals surface area (Å²) >= 11 is 0. The van der Waals surface area contributed by atoms with E-state index in [9.17, 15) is 4.79 Å². The summed E-state index contributed by atoms with van der Waals surface area (Å²) in [5, 5.41) is 0. The van der Waals surface area contributed by atoms with Crippen LogP contribution in [0.15, 0.2) is 0 Å². The van der Waals surface area contributed by atoms with Crippen LogP contribution in [0.25, 0.3) is 0 Å². The van der Waals surface area contributed by atoms with Crippen LogP contribution in [0.2, 0.25) is 12.1 Å². The molecule has 9 heteroatoms. The lowest BCUT2D eigenvalue weighted by molar-refractivity contribution is -0.127. The van der Waals surface area contributed by atoms with Crippen LogP contribution in [0, 0.1) is 11.8 Å². The molecule has 0 amide bonds. The first-order valence-corrected chi connectivity index (χ1v) is 22.6. The minimum Gasteiger partial charge on any atom is -0.374 e. The average molecular weight is 663 g/mol. The molecule has 264 valence electrons. The fourth-order valence-corrected chi connectivity index (χ4v) is 11.7. The van der Waals surface area contributed by atoms with Gasteiger partial charge in [-0.15, -0.1) is 0 Å². The standard InChI is InChI=1S/C35H74O7Si2/c1-9-33(29-25-21-17-19-23-27-31-43(37-11-3,38-12-4)39-13-5)35(36)34(10-2)30-26-22-18-20-24-28-32-44(40-14-6,41-15-7)42-16-8/h33-34H,9-32H2,1-8H3. The lowest BCUT2D eigenvalue weighted by Gasteiger charge is -2.28. The number of Topliss-reactive ketones (excluding diaryl/α,β-unsaturated/α-hetero) is 1. The Bertz CT molecular complexity index is 567. The van der Waals surface area contributed by atoms with Gasteiger partial charge in [-0.1, -0.05) is 78.1 Å². The largest absolute Gasteiger partial charge is 0.500 e. The molecule has 0 aromatic carbocycles. The van der Waals surface area contributed by atoms with E-state index in [4.69, 9.17) is 26.6 Å². The summed E-state index contributed by atoms with van der Waals surface area (Å²) in [5.74, 6) is 1.00. The highest BCUT2D eigenvalue weighted by atomic mass is 28.4. The zero-order valence-electron chi connectivity index (χ0n) is 30.5. The summed E-state index contributed by atoms with van der Waals surface area (Å²) in [6, 6.07) is 1.82. The monoisotopic (exact) mass is 662 g/mol. The van der Waals surface area contributed by atoms with Crippen LogP contribution in [-0.4, -0.2) is 63.0 Å². The second kappa shape index (κ2) is 29.0. The molecule has 0 radical (unpaired) electrons. The summed E-state index contributed by atoms with van der Waals surface area (Å²) in [5.41, 5.74) is 0. The fraction of sp³-hybridized carbons (Fsp3) is 0.971. The Kier molecular flexibility index (Phi) is 28.9. The van der Waals surface area contributed by atoms with Gasteiger partial charge in [0.05, 0.1) is 0 Å². The van der Waals surface area contributed by atoms with Crippen molar-refractivity contribution in [3.8, 4) is 0 Å². The first-order chi connectivity index (χ1) is 21.4. The van der Waals surface area contributed by atoms with Gasteiger partial charge in [0.2, 0.25) is 0 Å². The highest BCUT2D eigenvalue weighted by Crippen LogP contribution is 2.26. The molecule has 7 nitrogen and oxygen atoms in total. The van der Waals surface area contributed by atoms with E-state index in [1.165, 1.54) is 51.4 Å². The Balaban J connectivity index is 4.24. The summed E-state index contributed by atoms with van der Waals surface area (Å²) in [6.45, 7) is 20.4. The molecule has 0 saturated carbocycles. The number of carbonyl (C=O) groups is 1. The molecular formula is C35H74O7Si2. The highest BCUT2D eigenvalue weighted by molar-refractivity contribution is 6.61. The van der Waals surface area contributed by atoms with E-state index in [-0.39, 0.29) is 11.8 Å². The Morgan fingerprint density at radius 2 is 0.659 bits per heavy atom. The number of rotatable bonds is 34. The van der Waals surface area contributed by atoms with E-state index < -0.39 is 17.6 Å². The van der Waals surface area contributed by atoms with Crippen molar-refractivity contribution in [1.82, 2.24) is 0 Å². The molecule has 0 spiro atoms. The lowest BCUT2D eigenvalue weighted by atomic mass is 9.83. The molecule has 0 aliphatic carbocycles. The van der Waals surface area contributed by atoms with Crippen molar-refractivity contribution >= 4 is 23.4 Å². The highest BCUT2D eigenvalue weighted by Gasteiger charge is 2.40. The SMILES string of the molecule is CCO[Si](CCCCCCCCC(CC)C(=O)C(CC)CCCCCCCC[Si](OCC)(OCC)OCC)(OCC)OCC. The van der Waals surface area contributed by atoms with Crippen LogP contribution < -0.4 is 0 Å². The molecule has 0 heterocycles. The van der Waals surface area contributed by atoms with E-state index in [0.29, 0.717) is 45.4 Å². The molecule has 0 saturated heterocycles. The number of unbranched alkanes of at least 4 members (excludes halogenated alkanes) is 10. The van der Waals surface area contributed by atoms with Crippen LogP contribution >= 0.6 is 0 Å². The van der Waals surface area contributed by atoms with Crippen molar-refractivity contribution < 1.29 is 31.4 Å². The van der Waals surface area contributed by atoms with Crippen LogP contribution in [0.4, 0.5) is 0 Å². The summed E-state index contributed by atoms with van der Waals surface area (Å²) < 4.78 is 35.9. The number of hydrogen-bond acceptors (Lipinski definition) is 7. The quantitative estimate of drug-likeness (QED) is 0.0501. The van der Waals surface area contributed by atoms with E-state index in [0.717, 1.165) is 63.5 Å². The van der Waals surface area contributed by atoms with Gasteiger partial charge in [0.25, 0.3) is 0 Å². The molecule has 44 heavy (non-hydrogen) atoms. The van der Waals surface area contributed by atoms with Gasteiger partial charge in [-0.05, 0) is 80.1 Å². The van der Waals surface area contributed by atoms with Gasteiger partial charge in [-0.25, -0.2) is 0 Å². The molecule has 0 fully saturated rings. The normalized spacial score (nSPS) is 13.8. The smallest absolute Gasteiger partial charge is 0.374 e. The van der Waals surface area contributed by atoms with Crippen molar-refractivity contribution in [2.45, 2.75) is 170 Å². The van der Waals surface area contributed by atoms with Crippen molar-refractivity contribution in [1.29, 1.82) is 0 Å². The second-order valence-corrected chi connectivity index (χ2v) is 17.4. The zero-order valence-corrected chi connectivity index (χ0v) is 32.5. The van der Waals surface area contributed by atoms with Crippen molar-refractivity contribution in [3.63, 3.8) is 0 Å². The number of carbonyl (C=O) groups excluding carboxylic acids is 1. The topological polar surface area (TPSA) is 72.5 Å². The maximum absolute atomic E-state index is 13.4. The number of ketones is 1. The van der Waals surface area contributed by atoms with E-state index >= 15 is 0 Å². The fourth-order valence-electron chi connectivity index (χ4n) is 6.31. The van der Waals surface area contributed by atoms with Gasteiger partial charge in [0.15, 0.2) is 0 Å². The second-order valence-electron chi connectivity index (χ2n) is 11.9. The third-order valence-electron chi connectivity index (χ3n) is 8.55. The molecule has 0 aromatic heterocycles. The molecule has 0 rings (SSSR count). The van der Waals surface area contributed by atoms with E-state index in [2.05, 4.69) is 13.8 Å². The Labute approximate surface area is 275 Å². The third-order valence-corrected chi connectivity index (χ3v) is 14.8. The summed E-state index contributed by atoms with van der Waals surface area (Å²) in [4.78, 5) is 13.4. The van der Waals surface area contributed by atoms with Crippen molar-refractivity contribution in [2.24, 2.45) is 11.8 Å². The van der Waals surface area contributed by atoms with Gasteiger partial charge in [-0.3, -0.25) is 4.79 Å². The molecule has 0 bridgehead atoms. The Morgan fingerprint density at radius 3 is 0.909 bits per heavy atom. The average Bonchev–Trinajstić information content (AvgIpc) is 3.00. The first-order valence-electron chi connectivity index (χ1n) is 18.7. The van der Waals surface area contributed by atoms with Gasteiger partial charge in [0, 0.05) is 63.6 Å². The first kappa shape index (κ1) is 43.9. The lowest BCUT2D eigenvalue weighted by Crippen LogP contribution is -2.45. The minimum atomic E-state index is -2.50. The maximum Gasteiger partial charge on any atom is 0.500 e. The van der Waals surface area contributed by atoms with Crippen LogP contribution in [0.5, 0.6) is 0 Å². The maximum atomic E-state index is 13.4. The molecule has 0 aliphatic heterocycles. The van der Waals surface area contributed by atoms with Crippen LogP contribution in [0.3, 0.4) is 0 Å². The van der Waals surface area contributed by atoms with E-state index in [1.54, 1.807) is 0 Å². The molecular weight excluding hydrogens is 589 g/mol. The van der Waals surface area contributed by atoms with Gasteiger partial charge < -0.3 is 26.6 Å². The Morgan fingerprint density at radius 1 is 0.409 bits per heavy atom. The van der Waals surface area contributed by atoms with E-state index in [1.807, 2.05) is 41.5 Å². The molecule has 2 atom stereocenters. The van der Waals surface area contributed by atoms with Crippen molar-refractivity contribution in [2.75, 3.05) is 39.6 Å². The molecule has 0 aromatic rings. The predicted molar refractivity (Wildman–Crippen MR) is 188 cm³/mol. The minimum absolute atomic E-state index is 0.237. The number of hydrogen-bond donors (Lipinski definition) is 0. The zero-order chi connectivity index (χ0) is 32.9. The molecule has 2 unspecified atom stereocenters. The van der Waals surface area contributed by atoms with Gasteiger partial charge in [0.1, 0.15) is 5.78 Å². The summed E-state index contributed by atoms with van der Waals surface area (Å²) in [6.07, 6.45) is 18.3. The van der Waals surface area contributed by atoms with Crippen LogP contribution in [-0.2, 0) is 31.4 Å². The summed E-state index contributed by atoms with van der Waals surface area (Å²) in [7, 11) is -5.00. The third kappa shape index (κ3) is 19.5. The Hall–Kier alpha value is -0.136. The predicted octanol–water partition coefficient (Wildman–Crippen LogP) is 10.2. The van der Waals surface area contributed by atoms with Gasteiger partial charge >= 0.3 is 17.6 Å². The van der Waals surface area contributed by atoms with Crippen molar-refractivity contribution in [3.05, 3.63) is 0 Å². The van der Waals surface area contributed by atoms with Crippen LogP contribution in [0.1, 0.15) is 158 Å². The van der Waals surface area contributed by atoms with Gasteiger partial charge in [-0.2, -0.15) is 0 Å². The molecule has 0 N–H and O–H groups in total. The molecule has 0 aliphatic rings.